The maximum absolute atomic E-state index is 1.62. The Bertz CT molecular complexity index is 494. The van der Waals surface area contributed by atoms with E-state index in [1.165, 1.54) is 51.4 Å². The maximum Gasteiger partial charge on any atom is -0.0352 e. The lowest BCUT2D eigenvalue weighted by atomic mass is 9.50. The highest BCUT2D eigenvalue weighted by atomic mass is 14.5. The topological polar surface area (TPSA) is 0 Å². The average Bonchev–Trinajstić information content (AvgIpc) is 2.84. The van der Waals surface area contributed by atoms with Crippen LogP contribution in [0.1, 0.15) is 167 Å². The number of hydrogen-bond donors (Lipinski definition) is 0. The summed E-state index contributed by atoms with van der Waals surface area (Å²) in [6.45, 7) is 0. The fraction of sp³-hybridized carbons (Fsp3) is 1.00. The summed E-state index contributed by atoms with van der Waals surface area (Å²) in [5, 5.41) is 0. The molecule has 8 atom stereocenters. The van der Waals surface area contributed by atoms with E-state index in [9.17, 15) is 0 Å². The van der Waals surface area contributed by atoms with Crippen molar-refractivity contribution in [1.82, 2.24) is 0 Å². The SMILES string of the molecule is C1CCCCC2CCCC3CCC4C5CCCCCCCCC5C4CCC3CCCC2CCC1. The van der Waals surface area contributed by atoms with Crippen molar-refractivity contribution in [2.45, 2.75) is 167 Å². The molecule has 0 radical (unpaired) electrons. The molecule has 34 heavy (non-hydrogen) atoms. The zero-order valence-corrected chi connectivity index (χ0v) is 23.0. The molecule has 0 spiro atoms. The molecule has 0 aromatic rings. The van der Waals surface area contributed by atoms with Crippen molar-refractivity contribution in [1.29, 1.82) is 0 Å². The van der Waals surface area contributed by atoms with Crippen molar-refractivity contribution in [3.8, 4) is 0 Å². The molecule has 5 aliphatic rings. The molecule has 0 heterocycles. The van der Waals surface area contributed by atoms with E-state index in [4.69, 9.17) is 0 Å². The summed E-state index contributed by atoms with van der Waals surface area (Å²) in [4.78, 5) is 0. The summed E-state index contributed by atoms with van der Waals surface area (Å²) in [7, 11) is 0. The Hall–Kier alpha value is 0. The van der Waals surface area contributed by atoms with Crippen LogP contribution in [-0.4, -0.2) is 0 Å². The molecule has 5 rings (SSSR count). The van der Waals surface area contributed by atoms with Gasteiger partial charge in [-0.3, -0.25) is 0 Å². The molecular formula is C34H60. The first-order valence-corrected chi connectivity index (χ1v) is 16.9. The minimum Gasteiger partial charge on any atom is -0.0533 e. The second kappa shape index (κ2) is 13.5. The van der Waals surface area contributed by atoms with Crippen LogP contribution in [0.15, 0.2) is 0 Å². The summed E-state index contributed by atoms with van der Waals surface area (Å²) < 4.78 is 0. The van der Waals surface area contributed by atoms with Crippen molar-refractivity contribution in [2.75, 3.05) is 0 Å². The molecule has 5 aliphatic carbocycles. The van der Waals surface area contributed by atoms with E-state index in [0.29, 0.717) is 0 Å². The second-order valence-corrected chi connectivity index (χ2v) is 14.1. The van der Waals surface area contributed by atoms with Crippen LogP contribution in [0.4, 0.5) is 0 Å². The summed E-state index contributed by atoms with van der Waals surface area (Å²) >= 11 is 0. The van der Waals surface area contributed by atoms with Gasteiger partial charge in [-0.15, -0.1) is 0 Å². The normalized spacial score (nSPS) is 43.8. The van der Waals surface area contributed by atoms with E-state index < -0.39 is 0 Å². The highest BCUT2D eigenvalue weighted by Gasteiger charge is 2.49. The van der Waals surface area contributed by atoms with Crippen molar-refractivity contribution in [3.63, 3.8) is 0 Å². The molecule has 8 unspecified atom stereocenters. The molecule has 0 heteroatoms. The largest absolute Gasteiger partial charge is 0.0533 e. The Balaban J connectivity index is 1.19. The van der Waals surface area contributed by atoms with Crippen LogP contribution in [0.25, 0.3) is 0 Å². The van der Waals surface area contributed by atoms with E-state index in [1.807, 2.05) is 0 Å². The van der Waals surface area contributed by atoms with Gasteiger partial charge in [0.05, 0.1) is 0 Å². The molecule has 0 bridgehead atoms. The van der Waals surface area contributed by atoms with E-state index in [2.05, 4.69) is 0 Å². The number of hydrogen-bond acceptors (Lipinski definition) is 0. The second-order valence-electron chi connectivity index (χ2n) is 14.1. The van der Waals surface area contributed by atoms with Crippen LogP contribution in [0.5, 0.6) is 0 Å². The van der Waals surface area contributed by atoms with Gasteiger partial charge in [-0.2, -0.15) is 0 Å². The first kappa shape index (κ1) is 25.6. The molecule has 5 fully saturated rings. The highest BCUT2D eigenvalue weighted by Crippen LogP contribution is 2.57. The molecule has 0 nitrogen and oxygen atoms in total. The lowest BCUT2D eigenvalue weighted by Gasteiger charge is -2.56. The lowest BCUT2D eigenvalue weighted by Crippen LogP contribution is -2.48. The Morgan fingerprint density at radius 1 is 0.176 bits per heavy atom. The summed E-state index contributed by atoms with van der Waals surface area (Å²) in [5.74, 6) is 8.93. The van der Waals surface area contributed by atoms with Crippen LogP contribution < -0.4 is 0 Å². The van der Waals surface area contributed by atoms with E-state index >= 15 is 0 Å². The maximum atomic E-state index is 1.62. The fourth-order valence-electron chi connectivity index (χ4n) is 10.4. The molecule has 5 saturated carbocycles. The molecule has 0 aromatic heterocycles. The van der Waals surface area contributed by atoms with Gasteiger partial charge in [0.25, 0.3) is 0 Å². The van der Waals surface area contributed by atoms with Gasteiger partial charge in [-0.1, -0.05) is 128 Å². The van der Waals surface area contributed by atoms with Crippen molar-refractivity contribution in [2.24, 2.45) is 47.3 Å². The average molecular weight is 469 g/mol. The first-order valence-electron chi connectivity index (χ1n) is 16.9. The van der Waals surface area contributed by atoms with Gasteiger partial charge in [0.15, 0.2) is 0 Å². The molecule has 0 aromatic carbocycles. The minimum atomic E-state index is 1.09. The van der Waals surface area contributed by atoms with Crippen LogP contribution in [-0.2, 0) is 0 Å². The monoisotopic (exact) mass is 468 g/mol. The predicted molar refractivity (Wildman–Crippen MR) is 148 cm³/mol. The minimum absolute atomic E-state index is 1.09. The fourth-order valence-corrected chi connectivity index (χ4v) is 10.4. The Labute approximate surface area is 214 Å². The number of fused-ring (bicyclic) bond motifs is 6. The smallest absolute Gasteiger partial charge is 0.0352 e. The van der Waals surface area contributed by atoms with Gasteiger partial charge in [-0.05, 0) is 85.9 Å². The molecular weight excluding hydrogens is 408 g/mol. The third-order valence-corrected chi connectivity index (χ3v) is 12.3. The number of rotatable bonds is 0. The third kappa shape index (κ3) is 6.65. The third-order valence-electron chi connectivity index (χ3n) is 12.3. The van der Waals surface area contributed by atoms with Gasteiger partial charge >= 0.3 is 0 Å². The summed E-state index contributed by atoms with van der Waals surface area (Å²) in [6.07, 6.45) is 40.7. The Morgan fingerprint density at radius 2 is 0.441 bits per heavy atom. The zero-order valence-electron chi connectivity index (χ0n) is 23.0. The Kier molecular flexibility index (Phi) is 10.2. The van der Waals surface area contributed by atoms with Gasteiger partial charge in [0, 0.05) is 0 Å². The van der Waals surface area contributed by atoms with Crippen LogP contribution in [0.2, 0.25) is 0 Å². The summed E-state index contributed by atoms with van der Waals surface area (Å²) in [5.41, 5.74) is 0. The quantitative estimate of drug-likeness (QED) is 0.331. The van der Waals surface area contributed by atoms with E-state index in [-0.39, 0.29) is 0 Å². The first-order chi connectivity index (χ1) is 16.9. The van der Waals surface area contributed by atoms with Gasteiger partial charge in [0.2, 0.25) is 0 Å². The van der Waals surface area contributed by atoms with Crippen LogP contribution in [0, 0.1) is 47.3 Å². The van der Waals surface area contributed by atoms with Crippen LogP contribution in [0.3, 0.4) is 0 Å². The molecule has 0 amide bonds. The van der Waals surface area contributed by atoms with Gasteiger partial charge in [0.1, 0.15) is 0 Å². The Morgan fingerprint density at radius 3 is 0.853 bits per heavy atom. The van der Waals surface area contributed by atoms with Gasteiger partial charge < -0.3 is 0 Å². The van der Waals surface area contributed by atoms with E-state index in [0.717, 1.165) is 47.3 Å². The molecule has 0 aliphatic heterocycles. The van der Waals surface area contributed by atoms with Gasteiger partial charge in [-0.25, -0.2) is 0 Å². The molecule has 196 valence electrons. The molecule has 0 saturated heterocycles. The zero-order chi connectivity index (χ0) is 23.0. The van der Waals surface area contributed by atoms with Crippen molar-refractivity contribution in [3.05, 3.63) is 0 Å². The highest BCUT2D eigenvalue weighted by molar-refractivity contribution is 4.98. The van der Waals surface area contributed by atoms with Crippen LogP contribution >= 0.6 is 0 Å². The van der Waals surface area contributed by atoms with E-state index in [1.54, 1.807) is 116 Å². The molecule has 0 N–H and O–H groups in total. The summed E-state index contributed by atoms with van der Waals surface area (Å²) in [6, 6.07) is 0. The van der Waals surface area contributed by atoms with Crippen molar-refractivity contribution >= 4 is 0 Å². The lowest BCUT2D eigenvalue weighted by molar-refractivity contribution is -0.0642. The van der Waals surface area contributed by atoms with Crippen molar-refractivity contribution < 1.29 is 0 Å². The standard InChI is InChI=1S/C34H60/c1-2-6-10-16-28-18-14-20-30-24-26-34-32-22-12-8-4-3-7-11-21-31(32)33(34)25-23-29(30)19-13-17-27(28)15-9-5-1/h27-34H,1-26H2. The predicted octanol–water partition coefficient (Wildman–Crippen LogP) is 11.1.